The van der Waals surface area contributed by atoms with Gasteiger partial charge in [0.15, 0.2) is 0 Å². The summed E-state index contributed by atoms with van der Waals surface area (Å²) in [4.78, 5) is 11.6. The Morgan fingerprint density at radius 2 is 1.75 bits per heavy atom. The molecule has 0 spiro atoms. The second-order valence-electron chi connectivity index (χ2n) is 3.55. The molecule has 0 aliphatic carbocycles. The van der Waals surface area contributed by atoms with E-state index in [1.54, 1.807) is 0 Å². The maximum absolute atomic E-state index is 13.3. The molecule has 94 valence electrons. The van der Waals surface area contributed by atoms with Crippen LogP contribution >= 0.6 is 0 Å². The Balaban J connectivity index is 0.00000200. The summed E-state index contributed by atoms with van der Waals surface area (Å²) in [6.45, 7) is 0. The Morgan fingerprint density at radius 3 is 2.25 bits per heavy atom. The van der Waals surface area contributed by atoms with Gasteiger partial charge in [0.1, 0.15) is 29.0 Å². The molecule has 0 aliphatic heterocycles. The fourth-order valence-electron chi connectivity index (χ4n) is 1.40. The molecular weight excluding hydrogens is 338 g/mol. The Labute approximate surface area is 163 Å². The van der Waals surface area contributed by atoms with Gasteiger partial charge in [-0.1, -0.05) is 0 Å². The van der Waals surface area contributed by atoms with Crippen molar-refractivity contribution in [2.75, 3.05) is 0 Å². The minimum absolute atomic E-state index is 0. The van der Waals surface area contributed by atoms with Gasteiger partial charge in [-0.15, -0.1) is 0 Å². The van der Waals surface area contributed by atoms with Crippen molar-refractivity contribution in [3.05, 3.63) is 65.2 Å². The van der Waals surface area contributed by atoms with Crippen molar-refractivity contribution in [1.82, 2.24) is 0 Å². The van der Waals surface area contributed by atoms with E-state index in [1.165, 1.54) is 30.3 Å². The predicted molar refractivity (Wildman–Crippen MR) is 61.3 cm³/mol. The molecule has 0 aromatic heterocycles. The second kappa shape index (κ2) is 7.74. The Kier molecular flexibility index (Phi) is 6.63. The van der Waals surface area contributed by atoms with Gasteiger partial charge in [-0.25, -0.2) is 13.6 Å². The van der Waals surface area contributed by atoms with Gasteiger partial charge in [0, 0.05) is 12.1 Å². The van der Waals surface area contributed by atoms with Gasteiger partial charge in [0.25, 0.3) is 0 Å². The molecule has 6 heteroatoms. The van der Waals surface area contributed by atoms with E-state index in [0.29, 0.717) is 0 Å². The summed E-state index contributed by atoms with van der Waals surface area (Å²) >= 11 is 0. The topological polar surface area (TPSA) is 50.1 Å². The molecule has 0 bridgehead atoms. The first-order chi connectivity index (χ1) is 9.11. The van der Waals surface area contributed by atoms with Crippen LogP contribution in [-0.4, -0.2) is 5.97 Å². The third-order valence-electron chi connectivity index (χ3n) is 2.29. The molecule has 2 aromatic carbocycles. The van der Waals surface area contributed by atoms with Gasteiger partial charge in [0.2, 0.25) is 0 Å². The number of nitriles is 1. The van der Waals surface area contributed by atoms with Gasteiger partial charge in [-0.2, -0.15) is 35.6 Å². The summed E-state index contributed by atoms with van der Waals surface area (Å²) in [7, 11) is 0. The van der Waals surface area contributed by atoms with Crippen molar-refractivity contribution in [3.8, 4) is 11.8 Å². The minimum atomic E-state index is -1.08. The molecular formula is C14H6F2NO2Rb. The number of rotatable bonds is 2. The molecule has 0 unspecified atom stereocenters. The van der Waals surface area contributed by atoms with Crippen LogP contribution in [0.3, 0.4) is 0 Å². The normalized spacial score (nSPS) is 9.25. The molecule has 20 heavy (non-hydrogen) atoms. The first kappa shape index (κ1) is 17.1. The fraction of sp³-hybridized carbons (Fsp3) is 0. The molecule has 0 heterocycles. The van der Waals surface area contributed by atoms with Crippen LogP contribution < -0.4 is 62.9 Å². The zero-order valence-electron chi connectivity index (χ0n) is 10.5. The molecule has 0 amide bonds. The predicted octanol–water partition coefficient (Wildman–Crippen LogP) is -0.140. The maximum atomic E-state index is 13.3. The molecule has 3 nitrogen and oxygen atoms in total. The Hall–Kier alpha value is -0.935. The van der Waals surface area contributed by atoms with E-state index in [1.807, 2.05) is 0 Å². The van der Waals surface area contributed by atoms with E-state index in [2.05, 4.69) is 6.07 Å². The molecule has 2 rings (SSSR count). The van der Waals surface area contributed by atoms with Gasteiger partial charge in [-0.3, -0.25) is 0 Å². The SMILES string of the molecule is N#Cc1c(F)cc(OC(=O)c2cc[c-]cc2)cc1F.[Rb+]. The largest absolute Gasteiger partial charge is 1.00 e. The third-order valence-corrected chi connectivity index (χ3v) is 2.29. The van der Waals surface area contributed by atoms with E-state index >= 15 is 0 Å². The van der Waals surface area contributed by atoms with Crippen LogP contribution in [-0.2, 0) is 0 Å². The monoisotopic (exact) mass is 343 g/mol. The number of esters is 1. The van der Waals surface area contributed by atoms with Crippen LogP contribution in [0.1, 0.15) is 15.9 Å². The van der Waals surface area contributed by atoms with Crippen LogP contribution in [0.25, 0.3) is 0 Å². The number of hydrogen-bond acceptors (Lipinski definition) is 3. The van der Waals surface area contributed by atoms with Crippen LogP contribution in [0.4, 0.5) is 8.78 Å². The number of carbonyl (C=O) groups excluding carboxylic acids is 1. The number of carbonyl (C=O) groups is 1. The van der Waals surface area contributed by atoms with Crippen molar-refractivity contribution >= 4 is 5.97 Å². The van der Waals surface area contributed by atoms with Crippen molar-refractivity contribution in [2.45, 2.75) is 0 Å². The standard InChI is InChI=1S/C14H6F2NO2.Rb/c15-12-6-10(7-13(16)11(12)8-17)19-14(18)9-4-2-1-3-5-9;/h2-7H;/q-1;+1. The van der Waals surface area contributed by atoms with Crippen LogP contribution in [0.2, 0.25) is 0 Å². The minimum Gasteiger partial charge on any atom is -0.424 e. The number of benzene rings is 2. The zero-order chi connectivity index (χ0) is 13.8. The first-order valence-electron chi connectivity index (χ1n) is 5.19. The maximum Gasteiger partial charge on any atom is 1.00 e. The average molecular weight is 344 g/mol. The van der Waals surface area contributed by atoms with Crippen molar-refractivity contribution in [3.63, 3.8) is 0 Å². The number of hydrogen-bond donors (Lipinski definition) is 0. The molecule has 2 aromatic rings. The summed E-state index contributed by atoms with van der Waals surface area (Å²) < 4.78 is 31.4. The van der Waals surface area contributed by atoms with Gasteiger partial charge < -0.3 is 4.74 Å². The third kappa shape index (κ3) is 4.03. The number of nitrogens with zero attached hydrogens (tertiary/aromatic N) is 1. The van der Waals surface area contributed by atoms with Gasteiger partial charge in [-0.05, 0) is 5.56 Å². The smallest absolute Gasteiger partial charge is 0.424 e. The summed E-state index contributed by atoms with van der Waals surface area (Å²) in [6, 6.07) is 11.6. The van der Waals surface area contributed by atoms with E-state index < -0.39 is 23.2 Å². The number of halogens is 2. The van der Waals surface area contributed by atoms with E-state index in [4.69, 9.17) is 10.00 Å². The summed E-state index contributed by atoms with van der Waals surface area (Å²) in [5.41, 5.74) is -0.488. The molecule has 0 saturated heterocycles. The van der Waals surface area contributed by atoms with Crippen molar-refractivity contribution < 1.29 is 76.5 Å². The average Bonchev–Trinajstić information content (AvgIpc) is 2.39. The second-order valence-corrected chi connectivity index (χ2v) is 3.55. The Bertz CT molecular complexity index is 646. The van der Waals surface area contributed by atoms with Gasteiger partial charge >= 0.3 is 64.2 Å². The summed E-state index contributed by atoms with van der Waals surface area (Å²) in [6.07, 6.45) is 0. The quantitative estimate of drug-likeness (QED) is 0.433. The van der Waals surface area contributed by atoms with E-state index in [-0.39, 0.29) is 69.5 Å². The van der Waals surface area contributed by atoms with E-state index in [0.717, 1.165) is 12.1 Å². The first-order valence-corrected chi connectivity index (χ1v) is 5.19. The molecule has 0 fully saturated rings. The van der Waals surface area contributed by atoms with Gasteiger partial charge in [0.05, 0.1) is 0 Å². The fourth-order valence-corrected chi connectivity index (χ4v) is 1.40. The molecule has 0 atom stereocenters. The van der Waals surface area contributed by atoms with Crippen LogP contribution in [0.5, 0.6) is 5.75 Å². The van der Waals surface area contributed by atoms with Crippen molar-refractivity contribution in [2.24, 2.45) is 0 Å². The number of ether oxygens (including phenoxy) is 1. The molecule has 0 N–H and O–H groups in total. The summed E-state index contributed by atoms with van der Waals surface area (Å²) in [5, 5.41) is 8.51. The van der Waals surface area contributed by atoms with Crippen molar-refractivity contribution in [1.29, 1.82) is 5.26 Å². The van der Waals surface area contributed by atoms with E-state index in [9.17, 15) is 13.6 Å². The summed E-state index contributed by atoms with van der Waals surface area (Å²) in [5.74, 6) is -3.21. The zero-order valence-corrected chi connectivity index (χ0v) is 15.4. The van der Waals surface area contributed by atoms with Crippen LogP contribution in [0, 0.1) is 29.0 Å². The molecule has 0 aliphatic rings. The Morgan fingerprint density at radius 1 is 1.20 bits per heavy atom. The molecule has 0 radical (unpaired) electrons. The molecule has 0 saturated carbocycles. The van der Waals surface area contributed by atoms with Crippen LogP contribution in [0.15, 0.2) is 36.4 Å².